The third-order valence-corrected chi connectivity index (χ3v) is 6.69. The Labute approximate surface area is 206 Å². The third-order valence-electron chi connectivity index (χ3n) is 5.63. The van der Waals surface area contributed by atoms with Crippen molar-refractivity contribution in [1.29, 1.82) is 0 Å². The summed E-state index contributed by atoms with van der Waals surface area (Å²) in [6.07, 6.45) is 14.8. The first-order valence-corrected chi connectivity index (χ1v) is 12.9. The molecule has 0 amide bonds. The van der Waals surface area contributed by atoms with Gasteiger partial charge in [-0.3, -0.25) is 4.79 Å². The maximum atomic E-state index is 13.1. The molecule has 1 aliphatic heterocycles. The van der Waals surface area contributed by atoms with Crippen molar-refractivity contribution in [2.75, 3.05) is 0 Å². The lowest BCUT2D eigenvalue weighted by Gasteiger charge is -2.18. The number of aliphatic hydroxyl groups is 2. The fourth-order valence-electron chi connectivity index (χ4n) is 3.53. The molecule has 2 heterocycles. The molecule has 0 spiro atoms. The summed E-state index contributed by atoms with van der Waals surface area (Å²) < 4.78 is 5.77. The van der Waals surface area contributed by atoms with Crippen molar-refractivity contribution >= 4 is 29.2 Å². The Kier molecular flexibility index (Phi) is 12.2. The molecule has 7 heteroatoms. The van der Waals surface area contributed by atoms with Crippen LogP contribution in [0.5, 0.6) is 0 Å². The summed E-state index contributed by atoms with van der Waals surface area (Å²) in [6.45, 7) is 5.47. The number of thiazole rings is 1. The monoisotopic (exact) mass is 487 g/mol. The number of hydrogen-bond donors (Lipinski definition) is 2. The van der Waals surface area contributed by atoms with Crippen LogP contribution in [0.3, 0.4) is 0 Å². The highest BCUT2D eigenvalue weighted by atomic mass is 32.1. The van der Waals surface area contributed by atoms with E-state index in [1.54, 1.807) is 30.4 Å². The second kappa shape index (κ2) is 14.8. The number of ketones is 1. The molecule has 0 radical (unpaired) electrons. The predicted octanol–water partition coefficient (Wildman–Crippen LogP) is 5.29. The van der Waals surface area contributed by atoms with Crippen LogP contribution < -0.4 is 0 Å². The van der Waals surface area contributed by atoms with Crippen molar-refractivity contribution in [2.45, 2.75) is 89.9 Å². The first kappa shape index (κ1) is 27.9. The molecule has 2 rings (SSSR count). The summed E-state index contributed by atoms with van der Waals surface area (Å²) in [7, 11) is 0. The van der Waals surface area contributed by atoms with Gasteiger partial charge in [0.15, 0.2) is 5.78 Å². The summed E-state index contributed by atoms with van der Waals surface area (Å²) in [4.78, 5) is 29.2. The summed E-state index contributed by atoms with van der Waals surface area (Å²) in [5.41, 5.74) is 1.20. The number of carbonyl (C=O) groups excluding carboxylic acids is 2. The number of unbranched alkanes of at least 4 members (excludes halogenated alkanes) is 3. The van der Waals surface area contributed by atoms with Gasteiger partial charge in [-0.05, 0) is 38.0 Å². The first-order chi connectivity index (χ1) is 16.3. The Morgan fingerprint density at radius 1 is 1.26 bits per heavy atom. The lowest BCUT2D eigenvalue weighted by Crippen LogP contribution is -2.21. The van der Waals surface area contributed by atoms with Gasteiger partial charge >= 0.3 is 5.97 Å². The van der Waals surface area contributed by atoms with E-state index in [9.17, 15) is 19.8 Å². The molecule has 0 saturated carbocycles. The van der Waals surface area contributed by atoms with Gasteiger partial charge in [0, 0.05) is 29.7 Å². The summed E-state index contributed by atoms with van der Waals surface area (Å²) >= 11 is 1.43. The average Bonchev–Trinajstić information content (AvgIpc) is 3.26. The second-order valence-electron chi connectivity index (χ2n) is 8.71. The molecule has 2 N–H and O–H groups in total. The van der Waals surface area contributed by atoms with Crippen molar-refractivity contribution in [3.63, 3.8) is 0 Å². The zero-order chi connectivity index (χ0) is 24.9. The van der Waals surface area contributed by atoms with Crippen LogP contribution in [-0.2, 0) is 14.3 Å². The Hall–Kier alpha value is -2.35. The maximum Gasteiger partial charge on any atom is 0.334 e. The van der Waals surface area contributed by atoms with Gasteiger partial charge in [-0.2, -0.15) is 0 Å². The van der Waals surface area contributed by atoms with E-state index in [-0.39, 0.29) is 18.1 Å². The smallest absolute Gasteiger partial charge is 0.334 e. The normalized spacial score (nSPS) is 28.0. The van der Waals surface area contributed by atoms with E-state index in [1.165, 1.54) is 24.3 Å². The predicted molar refractivity (Wildman–Crippen MR) is 136 cm³/mol. The van der Waals surface area contributed by atoms with Crippen LogP contribution in [0.1, 0.15) is 82.3 Å². The van der Waals surface area contributed by atoms with Gasteiger partial charge in [0.2, 0.25) is 0 Å². The van der Waals surface area contributed by atoms with Gasteiger partial charge in [-0.25, -0.2) is 9.78 Å². The van der Waals surface area contributed by atoms with Gasteiger partial charge in [0.1, 0.15) is 6.10 Å². The molecule has 2 bridgehead atoms. The summed E-state index contributed by atoms with van der Waals surface area (Å²) in [5, 5.41) is 23.4. The molecule has 1 aromatic heterocycles. The zero-order valence-electron chi connectivity index (χ0n) is 20.4. The lowest BCUT2D eigenvalue weighted by molar-refractivity contribution is -0.142. The van der Waals surface area contributed by atoms with Crippen molar-refractivity contribution in [3.8, 4) is 0 Å². The number of allylic oxidation sites excluding steroid dienone is 3. The van der Waals surface area contributed by atoms with Crippen LogP contribution >= 0.6 is 11.3 Å². The van der Waals surface area contributed by atoms with Crippen molar-refractivity contribution in [3.05, 3.63) is 58.1 Å². The molecule has 186 valence electrons. The number of nitrogens with zero attached hydrogens (tertiary/aromatic N) is 1. The minimum atomic E-state index is -0.793. The van der Waals surface area contributed by atoms with Crippen LogP contribution in [0.15, 0.2) is 47.4 Å². The zero-order valence-corrected chi connectivity index (χ0v) is 21.2. The van der Waals surface area contributed by atoms with Gasteiger partial charge in [0.05, 0.1) is 22.9 Å². The Bertz CT molecular complexity index is 914. The van der Waals surface area contributed by atoms with E-state index < -0.39 is 24.3 Å². The van der Waals surface area contributed by atoms with Gasteiger partial charge in [-0.1, -0.05) is 57.4 Å². The summed E-state index contributed by atoms with van der Waals surface area (Å²) in [6, 6.07) is 0. The molecule has 0 fully saturated rings. The molecule has 1 aromatic rings. The molecule has 1 aliphatic rings. The van der Waals surface area contributed by atoms with Crippen LogP contribution in [0.4, 0.5) is 0 Å². The van der Waals surface area contributed by atoms with Crippen LogP contribution in [0.2, 0.25) is 0 Å². The van der Waals surface area contributed by atoms with Gasteiger partial charge in [0.25, 0.3) is 0 Å². The number of aromatic nitrogens is 1. The maximum absolute atomic E-state index is 13.1. The number of esters is 1. The van der Waals surface area contributed by atoms with E-state index in [2.05, 4.69) is 11.9 Å². The molecule has 34 heavy (non-hydrogen) atoms. The number of cyclic esters (lactones) is 1. The minimum absolute atomic E-state index is 0.121. The number of ether oxygens (including phenoxy) is 1. The number of aliphatic hydroxyl groups excluding tert-OH is 2. The molecule has 6 nitrogen and oxygen atoms in total. The number of fused-ring (bicyclic) bond motifs is 2. The van der Waals surface area contributed by atoms with Gasteiger partial charge < -0.3 is 14.9 Å². The lowest BCUT2D eigenvalue weighted by atomic mass is 9.99. The number of hydrogen-bond acceptors (Lipinski definition) is 7. The highest BCUT2D eigenvalue weighted by Gasteiger charge is 2.22. The van der Waals surface area contributed by atoms with Crippen LogP contribution in [0.25, 0.3) is 6.08 Å². The highest BCUT2D eigenvalue weighted by molar-refractivity contribution is 7.09. The fraction of sp³-hybridized carbons (Fsp3) is 0.519. The number of rotatable bonds is 7. The molecule has 0 aromatic carbocycles. The molecule has 0 aliphatic carbocycles. The SMILES string of the molecule is CCCCCC/C1=C/c2csc(n2)[C@@H](C)[C@H](O)C[C@@H](O)/C=C\C=C/C[C@H](/C=C/C(C)=O)OC1=O. The second-order valence-corrected chi connectivity index (χ2v) is 9.60. The standard InChI is InChI=1S/C27H37NO5S/c1-4-5-6-8-11-21-16-22-18-34-26(28-22)20(3)25(31)17-23(30)12-9-7-10-13-24(33-27(21)32)15-14-19(2)29/h7,9-10,12,14-16,18,20,23-25,30-31H,4-6,8,11,13,17H2,1-3H3/b10-7-,12-9-,15-14+,21-16-/t20-,23-,24+,25+/m0/s1. The van der Waals surface area contributed by atoms with Crippen molar-refractivity contribution in [2.24, 2.45) is 0 Å². The van der Waals surface area contributed by atoms with Gasteiger partial charge in [-0.15, -0.1) is 11.3 Å². The van der Waals surface area contributed by atoms with Crippen LogP contribution in [-0.4, -0.2) is 45.3 Å². The topological polar surface area (TPSA) is 96.7 Å². The van der Waals surface area contributed by atoms with E-state index in [0.717, 1.165) is 30.7 Å². The fourth-order valence-corrected chi connectivity index (χ4v) is 4.42. The van der Waals surface area contributed by atoms with E-state index in [1.807, 2.05) is 18.4 Å². The Balaban J connectivity index is 2.37. The van der Waals surface area contributed by atoms with Crippen molar-refractivity contribution in [1.82, 2.24) is 4.98 Å². The molecule has 0 saturated heterocycles. The molecule has 4 atom stereocenters. The Morgan fingerprint density at radius 2 is 2.06 bits per heavy atom. The Morgan fingerprint density at radius 3 is 2.79 bits per heavy atom. The van der Waals surface area contributed by atoms with E-state index >= 15 is 0 Å². The summed E-state index contributed by atoms with van der Waals surface area (Å²) in [5.74, 6) is -0.784. The third kappa shape index (κ3) is 9.87. The number of carbonyl (C=O) groups is 2. The average molecular weight is 488 g/mol. The first-order valence-electron chi connectivity index (χ1n) is 12.0. The van der Waals surface area contributed by atoms with E-state index in [0.29, 0.717) is 24.1 Å². The molecular formula is C27H37NO5S. The van der Waals surface area contributed by atoms with Crippen LogP contribution in [0, 0.1) is 0 Å². The highest BCUT2D eigenvalue weighted by Crippen LogP contribution is 2.27. The largest absolute Gasteiger partial charge is 0.454 e. The molecule has 0 unspecified atom stereocenters. The minimum Gasteiger partial charge on any atom is -0.454 e. The van der Waals surface area contributed by atoms with E-state index in [4.69, 9.17) is 4.74 Å². The molecular weight excluding hydrogens is 450 g/mol. The van der Waals surface area contributed by atoms with Crippen molar-refractivity contribution < 1.29 is 24.5 Å². The quantitative estimate of drug-likeness (QED) is 0.308.